The van der Waals surface area contributed by atoms with Crippen LogP contribution in [0.3, 0.4) is 0 Å². The Morgan fingerprint density at radius 2 is 1.67 bits per heavy atom. The molecule has 0 atom stereocenters. The molecule has 0 aliphatic rings. The van der Waals surface area contributed by atoms with Crippen LogP contribution in [-0.2, 0) is 0 Å². The molecule has 30 heavy (non-hydrogen) atoms. The quantitative estimate of drug-likeness (QED) is 0.344. The second kappa shape index (κ2) is 8.67. The Labute approximate surface area is 179 Å². The number of fused-ring (bicyclic) bond motifs is 1. The van der Waals surface area contributed by atoms with Gasteiger partial charge in [0.2, 0.25) is 0 Å². The van der Waals surface area contributed by atoms with Crippen molar-refractivity contribution in [1.29, 1.82) is 0 Å². The van der Waals surface area contributed by atoms with Gasteiger partial charge in [-0.15, -0.1) is 0 Å². The van der Waals surface area contributed by atoms with Gasteiger partial charge in [0.15, 0.2) is 5.11 Å². The number of hydrogen-bond donors (Lipinski definition) is 3. The van der Waals surface area contributed by atoms with Gasteiger partial charge in [0.1, 0.15) is 0 Å². The van der Waals surface area contributed by atoms with E-state index < -0.39 is 0 Å². The number of hydrazine groups is 1. The fraction of sp³-hybridized carbons (Fsp3) is 0.0435. The molecular formula is C23H19N5OS. The molecule has 4 aromatic rings. The predicted octanol–water partition coefficient (Wildman–Crippen LogP) is 4.24. The summed E-state index contributed by atoms with van der Waals surface area (Å²) < 4.78 is 0. The third kappa shape index (κ3) is 4.42. The highest BCUT2D eigenvalue weighted by atomic mass is 32.1. The second-order valence-corrected chi connectivity index (χ2v) is 7.09. The van der Waals surface area contributed by atoms with E-state index in [-0.39, 0.29) is 11.0 Å². The number of benzene rings is 2. The van der Waals surface area contributed by atoms with Crippen molar-refractivity contribution in [3.63, 3.8) is 0 Å². The van der Waals surface area contributed by atoms with Crippen LogP contribution >= 0.6 is 12.2 Å². The van der Waals surface area contributed by atoms with Crippen molar-refractivity contribution in [2.45, 2.75) is 6.92 Å². The molecule has 6 nitrogen and oxygen atoms in total. The van der Waals surface area contributed by atoms with Crippen LogP contribution in [0.15, 0.2) is 79.0 Å². The molecule has 4 rings (SSSR count). The lowest BCUT2D eigenvalue weighted by Crippen LogP contribution is -2.43. The zero-order valence-corrected chi connectivity index (χ0v) is 17.0. The molecule has 0 spiro atoms. The zero-order valence-electron chi connectivity index (χ0n) is 16.2. The maximum absolute atomic E-state index is 12.9. The number of carbonyl (C=O) groups excluding carboxylic acids is 1. The van der Waals surface area contributed by atoms with Gasteiger partial charge in [0.05, 0.1) is 22.5 Å². The standard InChI is InChI=1S/C23H19N5OS/c1-15-9-11-16(12-10-15)25-23(30)28-27-22(29)18-14-21(20-8-4-5-13-24-20)26-19-7-3-2-6-17(18)19/h2-14H,1H3,(H,27,29)(H2,25,28,30). The summed E-state index contributed by atoms with van der Waals surface area (Å²) in [5, 5.41) is 4.07. The van der Waals surface area contributed by atoms with Crippen molar-refractivity contribution in [2.75, 3.05) is 5.32 Å². The average Bonchev–Trinajstić information content (AvgIpc) is 2.79. The summed E-state index contributed by atoms with van der Waals surface area (Å²) in [6, 6.07) is 22.6. The Hall–Kier alpha value is -3.84. The summed E-state index contributed by atoms with van der Waals surface area (Å²) in [4.78, 5) is 21.9. The normalized spacial score (nSPS) is 10.4. The fourth-order valence-corrected chi connectivity index (χ4v) is 3.16. The Kier molecular flexibility index (Phi) is 5.63. The van der Waals surface area contributed by atoms with E-state index in [0.717, 1.165) is 16.6 Å². The number of amides is 1. The van der Waals surface area contributed by atoms with Crippen molar-refractivity contribution in [2.24, 2.45) is 0 Å². The topological polar surface area (TPSA) is 78.9 Å². The van der Waals surface area contributed by atoms with Gasteiger partial charge in [0.25, 0.3) is 5.91 Å². The highest BCUT2D eigenvalue weighted by Gasteiger charge is 2.14. The van der Waals surface area contributed by atoms with E-state index in [0.29, 0.717) is 22.5 Å². The van der Waals surface area contributed by atoms with E-state index in [9.17, 15) is 4.79 Å². The number of pyridine rings is 2. The van der Waals surface area contributed by atoms with Crippen LogP contribution in [0, 0.1) is 6.92 Å². The molecule has 1 amide bonds. The van der Waals surface area contributed by atoms with Gasteiger partial charge in [-0.1, -0.05) is 42.0 Å². The van der Waals surface area contributed by atoms with Crippen LogP contribution in [0.2, 0.25) is 0 Å². The largest absolute Gasteiger partial charge is 0.331 e. The molecule has 0 radical (unpaired) electrons. The highest BCUT2D eigenvalue weighted by molar-refractivity contribution is 7.80. The van der Waals surface area contributed by atoms with Crippen LogP contribution < -0.4 is 16.2 Å². The SMILES string of the molecule is Cc1ccc(NC(=S)NNC(=O)c2cc(-c3ccccn3)nc3ccccc23)cc1. The van der Waals surface area contributed by atoms with E-state index in [1.807, 2.05) is 73.7 Å². The first-order chi connectivity index (χ1) is 14.6. The van der Waals surface area contributed by atoms with Crippen molar-refractivity contribution >= 4 is 39.8 Å². The molecule has 7 heteroatoms. The van der Waals surface area contributed by atoms with Crippen LogP contribution in [0.1, 0.15) is 15.9 Å². The number of rotatable bonds is 3. The van der Waals surface area contributed by atoms with Crippen LogP contribution in [0.5, 0.6) is 0 Å². The molecule has 0 saturated carbocycles. The summed E-state index contributed by atoms with van der Waals surface area (Å²) in [6.07, 6.45) is 1.70. The Morgan fingerprint density at radius 1 is 0.900 bits per heavy atom. The van der Waals surface area contributed by atoms with E-state index in [4.69, 9.17) is 12.2 Å². The number of nitrogens with zero attached hydrogens (tertiary/aromatic N) is 2. The number of carbonyl (C=O) groups is 1. The van der Waals surface area contributed by atoms with Crippen molar-refractivity contribution < 1.29 is 4.79 Å². The number of nitrogens with one attached hydrogen (secondary N) is 3. The minimum atomic E-state index is -0.321. The lowest BCUT2D eigenvalue weighted by molar-refractivity contribution is 0.0946. The number of aryl methyl sites for hydroxylation is 1. The maximum Gasteiger partial charge on any atom is 0.270 e. The van der Waals surface area contributed by atoms with Gasteiger partial charge in [-0.2, -0.15) is 0 Å². The maximum atomic E-state index is 12.9. The molecule has 0 fully saturated rings. The first kappa shape index (κ1) is 19.5. The summed E-state index contributed by atoms with van der Waals surface area (Å²) >= 11 is 5.28. The van der Waals surface area contributed by atoms with Crippen molar-refractivity contribution in [3.05, 3.63) is 90.1 Å². The number of anilines is 1. The minimum Gasteiger partial charge on any atom is -0.331 e. The van der Waals surface area contributed by atoms with Gasteiger partial charge < -0.3 is 5.32 Å². The predicted molar refractivity (Wildman–Crippen MR) is 123 cm³/mol. The third-order valence-corrected chi connectivity index (χ3v) is 4.69. The summed E-state index contributed by atoms with van der Waals surface area (Å²) in [7, 11) is 0. The lowest BCUT2D eigenvalue weighted by atomic mass is 10.1. The average molecular weight is 414 g/mol. The van der Waals surface area contributed by atoms with Gasteiger partial charge in [-0.3, -0.25) is 20.6 Å². The molecule has 148 valence electrons. The monoisotopic (exact) mass is 413 g/mol. The first-order valence-electron chi connectivity index (χ1n) is 9.35. The molecule has 0 unspecified atom stereocenters. The summed E-state index contributed by atoms with van der Waals surface area (Å²) in [6.45, 7) is 2.01. The molecule has 2 heterocycles. The van der Waals surface area contributed by atoms with E-state index in [2.05, 4.69) is 26.1 Å². The van der Waals surface area contributed by atoms with E-state index in [1.54, 1.807) is 12.3 Å². The second-order valence-electron chi connectivity index (χ2n) is 6.69. The summed E-state index contributed by atoms with van der Waals surface area (Å²) in [5.41, 5.74) is 9.91. The molecule has 0 aliphatic heterocycles. The van der Waals surface area contributed by atoms with Gasteiger partial charge in [-0.05, 0) is 55.5 Å². The van der Waals surface area contributed by atoms with Gasteiger partial charge in [0, 0.05) is 17.3 Å². The van der Waals surface area contributed by atoms with Gasteiger partial charge >= 0.3 is 0 Å². The highest BCUT2D eigenvalue weighted by Crippen LogP contribution is 2.23. The molecule has 3 N–H and O–H groups in total. The van der Waals surface area contributed by atoms with E-state index in [1.165, 1.54) is 0 Å². The number of hydrogen-bond acceptors (Lipinski definition) is 4. The third-order valence-electron chi connectivity index (χ3n) is 4.49. The number of thiocarbonyl (C=S) groups is 1. The minimum absolute atomic E-state index is 0.288. The Morgan fingerprint density at radius 3 is 2.43 bits per heavy atom. The molecule has 0 aliphatic carbocycles. The number of aromatic nitrogens is 2. The fourth-order valence-electron chi connectivity index (χ4n) is 2.99. The smallest absolute Gasteiger partial charge is 0.270 e. The van der Waals surface area contributed by atoms with Crippen LogP contribution in [0.4, 0.5) is 5.69 Å². The molecular weight excluding hydrogens is 394 g/mol. The number of para-hydroxylation sites is 1. The Balaban J connectivity index is 1.55. The van der Waals surface area contributed by atoms with E-state index >= 15 is 0 Å². The lowest BCUT2D eigenvalue weighted by Gasteiger charge is -2.13. The summed E-state index contributed by atoms with van der Waals surface area (Å²) in [5.74, 6) is -0.321. The van der Waals surface area contributed by atoms with Crippen molar-refractivity contribution in [1.82, 2.24) is 20.8 Å². The van der Waals surface area contributed by atoms with Crippen LogP contribution in [-0.4, -0.2) is 21.0 Å². The molecule has 0 bridgehead atoms. The zero-order chi connectivity index (χ0) is 20.9. The van der Waals surface area contributed by atoms with Crippen molar-refractivity contribution in [3.8, 4) is 11.4 Å². The first-order valence-corrected chi connectivity index (χ1v) is 9.76. The molecule has 0 saturated heterocycles. The molecule has 2 aromatic heterocycles. The molecule has 2 aromatic carbocycles. The Bertz CT molecular complexity index is 1210. The van der Waals surface area contributed by atoms with Crippen LogP contribution in [0.25, 0.3) is 22.3 Å². The van der Waals surface area contributed by atoms with Gasteiger partial charge in [-0.25, -0.2) is 4.98 Å².